The van der Waals surface area contributed by atoms with E-state index in [0.29, 0.717) is 6.42 Å². The fraction of sp³-hybridized carbons (Fsp3) is 0.565. The van der Waals surface area contributed by atoms with Crippen molar-refractivity contribution >= 4 is 11.8 Å². The van der Waals surface area contributed by atoms with Crippen LogP contribution in [0.2, 0.25) is 0 Å². The van der Waals surface area contributed by atoms with Gasteiger partial charge in [0.25, 0.3) is 11.5 Å². The lowest BCUT2D eigenvalue weighted by atomic mass is 9.95. The highest BCUT2D eigenvalue weighted by Gasteiger charge is 2.20. The second-order valence-corrected chi connectivity index (χ2v) is 8.61. The Hall–Kier alpha value is -2.90. The Bertz CT molecular complexity index is 1000. The Kier molecular flexibility index (Phi) is 7.30. The zero-order valence-corrected chi connectivity index (χ0v) is 18.9. The number of carbonyl (C=O) groups is 2. The standard InChI is InChI=1S/C23H33N5O3/c1-15(13-20-16(2)26-27(4)17(20)3)24-21(29)14-28-12-8-11-19(23(28)31)22(30)25-18-9-6-5-7-10-18/h8,11-12,15,18H,5-7,9-10,13-14H2,1-4H3,(H,24,29)(H,25,30)/t15-/m1/s1. The van der Waals surface area contributed by atoms with E-state index in [1.54, 1.807) is 12.3 Å². The van der Waals surface area contributed by atoms with E-state index < -0.39 is 5.56 Å². The molecule has 0 saturated heterocycles. The number of hydrogen-bond donors (Lipinski definition) is 2. The van der Waals surface area contributed by atoms with Gasteiger partial charge in [-0.05, 0) is 57.7 Å². The maximum absolute atomic E-state index is 12.8. The summed E-state index contributed by atoms with van der Waals surface area (Å²) < 4.78 is 3.13. The minimum atomic E-state index is -0.447. The molecule has 0 aliphatic heterocycles. The third-order valence-electron chi connectivity index (χ3n) is 6.10. The Morgan fingerprint density at radius 1 is 1.23 bits per heavy atom. The topological polar surface area (TPSA) is 98.0 Å². The van der Waals surface area contributed by atoms with Crippen molar-refractivity contribution in [3.05, 3.63) is 51.2 Å². The van der Waals surface area contributed by atoms with Gasteiger partial charge < -0.3 is 15.2 Å². The second-order valence-electron chi connectivity index (χ2n) is 8.61. The Labute approximate surface area is 183 Å². The molecular formula is C23H33N5O3. The van der Waals surface area contributed by atoms with Gasteiger partial charge in [-0.1, -0.05) is 19.3 Å². The first-order chi connectivity index (χ1) is 14.8. The molecule has 1 atom stereocenters. The van der Waals surface area contributed by atoms with E-state index in [1.165, 1.54) is 17.1 Å². The van der Waals surface area contributed by atoms with Gasteiger partial charge in [-0.15, -0.1) is 0 Å². The number of pyridine rings is 1. The molecule has 31 heavy (non-hydrogen) atoms. The zero-order chi connectivity index (χ0) is 22.5. The van der Waals surface area contributed by atoms with Crippen molar-refractivity contribution in [2.75, 3.05) is 0 Å². The average Bonchev–Trinajstić information content (AvgIpc) is 2.96. The molecule has 8 heteroatoms. The van der Waals surface area contributed by atoms with E-state index in [-0.39, 0.29) is 36.0 Å². The molecule has 0 bridgehead atoms. The van der Waals surface area contributed by atoms with E-state index in [9.17, 15) is 14.4 Å². The van der Waals surface area contributed by atoms with Crippen molar-refractivity contribution in [1.82, 2.24) is 25.0 Å². The summed E-state index contributed by atoms with van der Waals surface area (Å²) in [5, 5.41) is 10.3. The SMILES string of the molecule is Cc1nn(C)c(C)c1C[C@@H](C)NC(=O)Cn1cccc(C(=O)NC2CCCCC2)c1=O. The molecule has 2 aromatic heterocycles. The number of nitrogens with zero attached hydrogens (tertiary/aromatic N) is 3. The van der Waals surface area contributed by atoms with Crippen molar-refractivity contribution in [3.8, 4) is 0 Å². The molecule has 1 saturated carbocycles. The molecule has 3 rings (SSSR count). The van der Waals surface area contributed by atoms with Crippen molar-refractivity contribution in [1.29, 1.82) is 0 Å². The largest absolute Gasteiger partial charge is 0.352 e. The van der Waals surface area contributed by atoms with E-state index in [1.807, 2.05) is 32.5 Å². The van der Waals surface area contributed by atoms with Crippen LogP contribution in [0.15, 0.2) is 23.1 Å². The minimum absolute atomic E-state index is 0.0792. The minimum Gasteiger partial charge on any atom is -0.352 e. The Morgan fingerprint density at radius 3 is 2.58 bits per heavy atom. The Morgan fingerprint density at radius 2 is 1.94 bits per heavy atom. The van der Waals surface area contributed by atoms with Gasteiger partial charge in [-0.2, -0.15) is 5.10 Å². The van der Waals surface area contributed by atoms with Crippen molar-refractivity contribution in [2.24, 2.45) is 7.05 Å². The first kappa shape index (κ1) is 22.8. The predicted molar refractivity (Wildman–Crippen MR) is 119 cm³/mol. The summed E-state index contributed by atoms with van der Waals surface area (Å²) in [7, 11) is 1.90. The number of rotatable bonds is 7. The zero-order valence-electron chi connectivity index (χ0n) is 18.9. The number of carbonyl (C=O) groups excluding carboxylic acids is 2. The molecular weight excluding hydrogens is 394 g/mol. The van der Waals surface area contributed by atoms with E-state index in [0.717, 1.165) is 42.6 Å². The van der Waals surface area contributed by atoms with Gasteiger partial charge in [0.05, 0.1) is 5.69 Å². The lowest BCUT2D eigenvalue weighted by Crippen LogP contribution is -2.42. The van der Waals surface area contributed by atoms with Gasteiger partial charge in [0, 0.05) is 31.0 Å². The molecule has 0 radical (unpaired) electrons. The summed E-state index contributed by atoms with van der Waals surface area (Å²) in [6.45, 7) is 5.77. The van der Waals surface area contributed by atoms with Crippen molar-refractivity contribution in [2.45, 2.75) is 77.9 Å². The quantitative estimate of drug-likeness (QED) is 0.706. The molecule has 2 aromatic rings. The van der Waals surface area contributed by atoms with Crippen molar-refractivity contribution in [3.63, 3.8) is 0 Å². The van der Waals surface area contributed by atoms with Gasteiger partial charge in [-0.3, -0.25) is 19.1 Å². The molecule has 8 nitrogen and oxygen atoms in total. The molecule has 2 N–H and O–H groups in total. The molecule has 0 spiro atoms. The Balaban J connectivity index is 1.61. The highest BCUT2D eigenvalue weighted by atomic mass is 16.2. The van der Waals surface area contributed by atoms with E-state index >= 15 is 0 Å². The maximum Gasteiger partial charge on any atom is 0.263 e. The van der Waals surface area contributed by atoms with Crippen LogP contribution < -0.4 is 16.2 Å². The number of amides is 2. The molecule has 1 aliphatic rings. The second kappa shape index (κ2) is 9.94. The summed E-state index contributed by atoms with van der Waals surface area (Å²) >= 11 is 0. The predicted octanol–water partition coefficient (Wildman–Crippen LogP) is 2.01. The van der Waals surface area contributed by atoms with Gasteiger partial charge >= 0.3 is 0 Å². The molecule has 168 valence electrons. The summed E-state index contributed by atoms with van der Waals surface area (Å²) in [4.78, 5) is 37.9. The van der Waals surface area contributed by atoms with E-state index in [4.69, 9.17) is 0 Å². The van der Waals surface area contributed by atoms with Gasteiger partial charge in [0.1, 0.15) is 12.1 Å². The summed E-state index contributed by atoms with van der Waals surface area (Å²) in [6, 6.07) is 3.17. The summed E-state index contributed by atoms with van der Waals surface area (Å²) in [5.74, 6) is -0.624. The first-order valence-corrected chi connectivity index (χ1v) is 11.0. The summed E-state index contributed by atoms with van der Waals surface area (Å²) in [6.07, 6.45) is 7.49. The van der Waals surface area contributed by atoms with Crippen LogP contribution in [0.1, 0.15) is 66.3 Å². The normalized spacial score (nSPS) is 15.5. The third-order valence-corrected chi connectivity index (χ3v) is 6.10. The van der Waals surface area contributed by atoms with E-state index in [2.05, 4.69) is 15.7 Å². The van der Waals surface area contributed by atoms with Crippen LogP contribution in [0.25, 0.3) is 0 Å². The van der Waals surface area contributed by atoms with Gasteiger partial charge in [-0.25, -0.2) is 0 Å². The summed E-state index contributed by atoms with van der Waals surface area (Å²) in [5.41, 5.74) is 2.78. The lowest BCUT2D eigenvalue weighted by molar-refractivity contribution is -0.122. The van der Waals surface area contributed by atoms with Gasteiger partial charge in [0.2, 0.25) is 5.91 Å². The van der Waals surface area contributed by atoms with Gasteiger partial charge in [0.15, 0.2) is 0 Å². The van der Waals surface area contributed by atoms with Crippen LogP contribution in [0.4, 0.5) is 0 Å². The fourth-order valence-electron chi connectivity index (χ4n) is 4.29. The maximum atomic E-state index is 12.8. The third kappa shape index (κ3) is 5.62. The number of aryl methyl sites for hydroxylation is 2. The first-order valence-electron chi connectivity index (χ1n) is 11.0. The number of aromatic nitrogens is 3. The molecule has 0 aromatic carbocycles. The molecule has 2 heterocycles. The van der Waals surface area contributed by atoms with Crippen LogP contribution in [-0.2, 0) is 24.8 Å². The fourth-order valence-corrected chi connectivity index (χ4v) is 4.29. The van der Waals surface area contributed by atoms with Crippen LogP contribution in [0, 0.1) is 13.8 Å². The monoisotopic (exact) mass is 427 g/mol. The van der Waals surface area contributed by atoms with Crippen LogP contribution >= 0.6 is 0 Å². The molecule has 1 fully saturated rings. The number of hydrogen-bond acceptors (Lipinski definition) is 4. The van der Waals surface area contributed by atoms with Crippen LogP contribution in [-0.4, -0.2) is 38.2 Å². The van der Waals surface area contributed by atoms with Crippen LogP contribution in [0.5, 0.6) is 0 Å². The van der Waals surface area contributed by atoms with Crippen molar-refractivity contribution < 1.29 is 9.59 Å². The van der Waals surface area contributed by atoms with Crippen LogP contribution in [0.3, 0.4) is 0 Å². The average molecular weight is 428 g/mol. The molecule has 2 amide bonds. The number of nitrogens with one attached hydrogen (secondary N) is 2. The molecule has 0 unspecified atom stereocenters. The molecule has 1 aliphatic carbocycles. The highest BCUT2D eigenvalue weighted by Crippen LogP contribution is 2.17. The smallest absolute Gasteiger partial charge is 0.263 e. The lowest BCUT2D eigenvalue weighted by Gasteiger charge is -2.22. The highest BCUT2D eigenvalue weighted by molar-refractivity contribution is 5.94.